The highest BCUT2D eigenvalue weighted by Crippen LogP contribution is 2.33. The first-order valence-electron chi connectivity index (χ1n) is 7.65. The predicted octanol–water partition coefficient (Wildman–Crippen LogP) is 3.84. The summed E-state index contributed by atoms with van der Waals surface area (Å²) in [6, 6.07) is 5.42. The van der Waals surface area contributed by atoms with E-state index in [0.717, 1.165) is 0 Å². The number of benzene rings is 1. The summed E-state index contributed by atoms with van der Waals surface area (Å²) in [6.07, 6.45) is -2.68. The zero-order valence-corrected chi connectivity index (χ0v) is 14.2. The normalized spacial score (nSPS) is 11.4. The second-order valence-corrected chi connectivity index (χ2v) is 5.41. The van der Waals surface area contributed by atoms with E-state index in [1.807, 2.05) is 0 Å². The Bertz CT molecular complexity index is 926. The Hall–Kier alpha value is -3.11. The van der Waals surface area contributed by atoms with Crippen LogP contribution in [0.2, 0.25) is 0 Å². The number of methoxy groups -OCH3 is 1. The first-order valence-corrected chi connectivity index (χ1v) is 7.65. The molecule has 0 amide bonds. The fourth-order valence-electron chi connectivity index (χ4n) is 2.36. The van der Waals surface area contributed by atoms with Crippen molar-refractivity contribution in [3.63, 3.8) is 0 Å². The molecule has 2 heterocycles. The molecule has 0 aliphatic heterocycles. The van der Waals surface area contributed by atoms with Gasteiger partial charge in [-0.15, -0.1) is 10.2 Å². The van der Waals surface area contributed by atoms with E-state index >= 15 is 0 Å². The van der Waals surface area contributed by atoms with E-state index in [1.165, 1.54) is 36.1 Å². The molecule has 11 heteroatoms. The minimum absolute atomic E-state index is 0.00919. The third-order valence-electron chi connectivity index (χ3n) is 3.60. The van der Waals surface area contributed by atoms with Gasteiger partial charge in [0.25, 0.3) is 6.43 Å². The number of aryl methyl sites for hydroxylation is 1. The van der Waals surface area contributed by atoms with E-state index in [4.69, 9.17) is 9.15 Å². The minimum Gasteiger partial charge on any atom is -0.493 e. The van der Waals surface area contributed by atoms with Crippen LogP contribution in [0.4, 0.5) is 17.6 Å². The van der Waals surface area contributed by atoms with Crippen LogP contribution in [0.15, 0.2) is 28.7 Å². The summed E-state index contributed by atoms with van der Waals surface area (Å²) < 4.78 is 66.4. The van der Waals surface area contributed by atoms with Gasteiger partial charge in [-0.1, -0.05) is 0 Å². The van der Waals surface area contributed by atoms with Crippen molar-refractivity contribution in [1.82, 2.24) is 20.0 Å². The van der Waals surface area contributed by atoms with Gasteiger partial charge in [0.2, 0.25) is 11.8 Å². The topological polar surface area (TPSA) is 75.2 Å². The molecule has 3 aromatic rings. The van der Waals surface area contributed by atoms with E-state index in [1.54, 1.807) is 6.92 Å². The summed E-state index contributed by atoms with van der Waals surface area (Å²) >= 11 is 0. The molecule has 1 aromatic carbocycles. The maximum absolute atomic E-state index is 12.7. The Labute approximate surface area is 150 Å². The van der Waals surface area contributed by atoms with Crippen molar-refractivity contribution in [2.24, 2.45) is 0 Å². The van der Waals surface area contributed by atoms with Gasteiger partial charge in [-0.25, -0.2) is 8.78 Å². The summed E-state index contributed by atoms with van der Waals surface area (Å²) in [4.78, 5) is 0. The molecule has 0 radical (unpaired) electrons. The van der Waals surface area contributed by atoms with Gasteiger partial charge in [-0.3, -0.25) is 4.68 Å². The lowest BCUT2D eigenvalue weighted by Gasteiger charge is -2.10. The molecule has 144 valence electrons. The lowest BCUT2D eigenvalue weighted by Crippen LogP contribution is -2.04. The molecule has 0 fully saturated rings. The molecule has 7 nitrogen and oxygen atoms in total. The standard InChI is InChI=1S/C16H14F4N4O3/c1-8-5-10(14(17)18)23-24(8)7-13-21-22-15(27-13)9-3-4-11(26-16(19)20)12(6-9)25-2/h3-6,14,16H,7H2,1-2H3. The van der Waals surface area contributed by atoms with Crippen LogP contribution in [-0.2, 0) is 6.54 Å². The highest BCUT2D eigenvalue weighted by molar-refractivity contribution is 5.59. The van der Waals surface area contributed by atoms with Gasteiger partial charge in [0.15, 0.2) is 11.5 Å². The van der Waals surface area contributed by atoms with Crippen molar-refractivity contribution >= 4 is 0 Å². The molecule has 0 unspecified atom stereocenters. The fourth-order valence-corrected chi connectivity index (χ4v) is 2.36. The van der Waals surface area contributed by atoms with Crippen molar-refractivity contribution in [2.75, 3.05) is 7.11 Å². The summed E-state index contributed by atoms with van der Waals surface area (Å²) in [7, 11) is 1.30. The number of hydrogen-bond acceptors (Lipinski definition) is 6. The predicted molar refractivity (Wildman–Crippen MR) is 83.9 cm³/mol. The number of hydrogen-bond donors (Lipinski definition) is 0. The van der Waals surface area contributed by atoms with E-state index in [2.05, 4.69) is 20.0 Å². The van der Waals surface area contributed by atoms with Crippen molar-refractivity contribution in [1.29, 1.82) is 0 Å². The Morgan fingerprint density at radius 1 is 1.11 bits per heavy atom. The highest BCUT2D eigenvalue weighted by Gasteiger charge is 2.17. The van der Waals surface area contributed by atoms with Crippen LogP contribution < -0.4 is 9.47 Å². The Morgan fingerprint density at radius 3 is 2.52 bits per heavy atom. The van der Waals surface area contributed by atoms with Crippen LogP contribution in [0, 0.1) is 6.92 Å². The van der Waals surface area contributed by atoms with Gasteiger partial charge in [-0.2, -0.15) is 13.9 Å². The smallest absolute Gasteiger partial charge is 0.387 e. The first-order chi connectivity index (χ1) is 12.9. The maximum atomic E-state index is 12.7. The zero-order valence-electron chi connectivity index (χ0n) is 14.2. The van der Waals surface area contributed by atoms with Crippen molar-refractivity contribution < 1.29 is 31.5 Å². The van der Waals surface area contributed by atoms with Crippen LogP contribution in [-0.4, -0.2) is 33.7 Å². The van der Waals surface area contributed by atoms with Crippen molar-refractivity contribution in [3.05, 3.63) is 41.5 Å². The van der Waals surface area contributed by atoms with E-state index in [9.17, 15) is 17.6 Å². The monoisotopic (exact) mass is 386 g/mol. The Kier molecular flexibility index (Phi) is 5.28. The fraction of sp³-hybridized carbons (Fsp3) is 0.312. The molecule has 0 aliphatic rings. The van der Waals surface area contributed by atoms with E-state index in [0.29, 0.717) is 11.3 Å². The quantitative estimate of drug-likeness (QED) is 0.575. The second kappa shape index (κ2) is 7.64. The molecule has 0 aliphatic carbocycles. The van der Waals surface area contributed by atoms with Crippen LogP contribution in [0.1, 0.15) is 23.7 Å². The number of halogens is 4. The van der Waals surface area contributed by atoms with E-state index < -0.39 is 13.0 Å². The lowest BCUT2D eigenvalue weighted by molar-refractivity contribution is -0.0512. The van der Waals surface area contributed by atoms with Gasteiger partial charge in [0, 0.05) is 11.3 Å². The number of rotatable bonds is 7. The van der Waals surface area contributed by atoms with E-state index in [-0.39, 0.29) is 35.5 Å². The zero-order chi connectivity index (χ0) is 19.6. The number of alkyl halides is 4. The molecular weight excluding hydrogens is 372 g/mol. The molecule has 0 spiro atoms. The van der Waals surface area contributed by atoms with Gasteiger partial charge in [0.1, 0.15) is 12.2 Å². The lowest BCUT2D eigenvalue weighted by atomic mass is 10.2. The molecule has 27 heavy (non-hydrogen) atoms. The van der Waals surface area contributed by atoms with Crippen LogP contribution in [0.3, 0.4) is 0 Å². The second-order valence-electron chi connectivity index (χ2n) is 5.41. The summed E-state index contributed by atoms with van der Waals surface area (Å²) in [6.45, 7) is -1.35. The average Bonchev–Trinajstić information content (AvgIpc) is 3.22. The first kappa shape index (κ1) is 18.7. The Balaban J connectivity index is 1.81. The van der Waals surface area contributed by atoms with Gasteiger partial charge in [0.05, 0.1) is 7.11 Å². The largest absolute Gasteiger partial charge is 0.493 e. The molecule has 0 saturated carbocycles. The summed E-state index contributed by atoms with van der Waals surface area (Å²) in [5.41, 5.74) is 0.587. The molecule has 3 rings (SSSR count). The molecule has 0 saturated heterocycles. The number of aromatic nitrogens is 4. The van der Waals surface area contributed by atoms with Crippen molar-refractivity contribution in [2.45, 2.75) is 26.5 Å². The van der Waals surface area contributed by atoms with Gasteiger partial charge >= 0.3 is 6.61 Å². The van der Waals surface area contributed by atoms with Crippen molar-refractivity contribution in [3.8, 4) is 23.0 Å². The molecule has 0 atom stereocenters. The van der Waals surface area contributed by atoms with Gasteiger partial charge in [-0.05, 0) is 31.2 Å². The van der Waals surface area contributed by atoms with Crippen LogP contribution in [0.25, 0.3) is 11.5 Å². The molecule has 0 bridgehead atoms. The van der Waals surface area contributed by atoms with Crippen LogP contribution in [0.5, 0.6) is 11.5 Å². The molecular formula is C16H14F4N4O3. The molecule has 2 aromatic heterocycles. The number of nitrogens with zero attached hydrogens (tertiary/aromatic N) is 4. The number of ether oxygens (including phenoxy) is 2. The van der Waals surface area contributed by atoms with Gasteiger partial charge < -0.3 is 13.9 Å². The minimum atomic E-state index is -2.99. The Morgan fingerprint density at radius 2 is 1.89 bits per heavy atom. The van der Waals surface area contributed by atoms with Crippen LogP contribution >= 0.6 is 0 Å². The molecule has 0 N–H and O–H groups in total. The maximum Gasteiger partial charge on any atom is 0.387 e. The third-order valence-corrected chi connectivity index (χ3v) is 3.60. The average molecular weight is 386 g/mol. The highest BCUT2D eigenvalue weighted by atomic mass is 19.3. The summed E-state index contributed by atoms with van der Waals surface area (Å²) in [5, 5.41) is 11.5. The third kappa shape index (κ3) is 4.18. The summed E-state index contributed by atoms with van der Waals surface area (Å²) in [5.74, 6) is 0.175. The SMILES string of the molecule is COc1cc(-c2nnc(Cn3nc(C(F)F)cc3C)o2)ccc1OC(F)F.